The zero-order valence-corrected chi connectivity index (χ0v) is 30.5. The Labute approximate surface area is 325 Å². The molecule has 0 spiro atoms. The number of benzene rings is 10. The van der Waals surface area contributed by atoms with E-state index in [0.29, 0.717) is 0 Å². The highest BCUT2D eigenvalue weighted by Crippen LogP contribution is 2.58. The Bertz CT molecular complexity index is 3170. The van der Waals surface area contributed by atoms with Gasteiger partial charge in [-0.25, -0.2) is 0 Å². The molecule has 0 fully saturated rings. The summed E-state index contributed by atoms with van der Waals surface area (Å²) < 4.78 is 6.51. The summed E-state index contributed by atoms with van der Waals surface area (Å²) in [5, 5.41) is 7.37. The Hall–Kier alpha value is -7.22. The molecule has 12 rings (SSSR count). The van der Waals surface area contributed by atoms with Crippen molar-refractivity contribution in [1.29, 1.82) is 0 Å². The molecule has 0 saturated heterocycles. The summed E-state index contributed by atoms with van der Waals surface area (Å²) in [6.07, 6.45) is 0. The quantitative estimate of drug-likeness (QED) is 0.177. The van der Waals surface area contributed by atoms with E-state index >= 15 is 0 Å². The lowest BCUT2D eigenvalue weighted by Gasteiger charge is -2.34. The van der Waals surface area contributed by atoms with Gasteiger partial charge in [0.2, 0.25) is 0 Å². The largest absolute Gasteiger partial charge is 0.456 e. The van der Waals surface area contributed by atoms with Crippen molar-refractivity contribution in [3.8, 4) is 56.0 Å². The average Bonchev–Trinajstić information content (AvgIpc) is 3.55. The van der Waals surface area contributed by atoms with Crippen molar-refractivity contribution in [3.63, 3.8) is 0 Å². The molecule has 0 atom stereocenters. The van der Waals surface area contributed by atoms with Gasteiger partial charge >= 0.3 is 0 Å². The molecule has 1 aliphatic carbocycles. The molecule has 0 N–H and O–H groups in total. The number of hydrogen-bond acceptors (Lipinski definition) is 1. The van der Waals surface area contributed by atoms with Gasteiger partial charge in [0.1, 0.15) is 11.5 Å². The van der Waals surface area contributed by atoms with Crippen LogP contribution in [-0.2, 0) is 5.41 Å². The molecule has 1 nitrogen and oxygen atoms in total. The van der Waals surface area contributed by atoms with E-state index in [-0.39, 0.29) is 0 Å². The number of rotatable bonds is 4. The van der Waals surface area contributed by atoms with Crippen LogP contribution in [0.25, 0.3) is 76.8 Å². The van der Waals surface area contributed by atoms with Crippen molar-refractivity contribution < 1.29 is 4.74 Å². The van der Waals surface area contributed by atoms with E-state index in [1.165, 1.54) is 93.5 Å². The predicted molar refractivity (Wildman–Crippen MR) is 233 cm³/mol. The maximum absolute atomic E-state index is 6.51. The van der Waals surface area contributed by atoms with Crippen molar-refractivity contribution in [2.75, 3.05) is 0 Å². The molecule has 1 heteroatoms. The van der Waals surface area contributed by atoms with Crippen LogP contribution in [0.15, 0.2) is 206 Å². The van der Waals surface area contributed by atoms with Crippen LogP contribution in [0.3, 0.4) is 0 Å². The second-order valence-corrected chi connectivity index (χ2v) is 15.2. The van der Waals surface area contributed by atoms with Crippen molar-refractivity contribution in [3.05, 3.63) is 229 Å². The molecule has 1 heterocycles. The molecule has 260 valence electrons. The normalized spacial score (nSPS) is 13.3. The summed E-state index contributed by atoms with van der Waals surface area (Å²) in [7, 11) is 0. The van der Waals surface area contributed by atoms with Gasteiger partial charge in [-0.1, -0.05) is 164 Å². The first kappa shape index (κ1) is 31.2. The molecule has 0 aromatic heterocycles. The van der Waals surface area contributed by atoms with Crippen molar-refractivity contribution in [2.45, 2.75) is 5.41 Å². The third-order valence-electron chi connectivity index (χ3n) is 12.3. The van der Waals surface area contributed by atoms with Gasteiger partial charge in [0.05, 0.1) is 5.41 Å². The third kappa shape index (κ3) is 4.43. The number of hydrogen-bond donors (Lipinski definition) is 0. The van der Waals surface area contributed by atoms with Crippen molar-refractivity contribution in [2.24, 2.45) is 0 Å². The molecule has 0 unspecified atom stereocenters. The molecular weight excluding hydrogens is 677 g/mol. The maximum atomic E-state index is 6.51. The Morgan fingerprint density at radius 3 is 1.73 bits per heavy atom. The first-order valence-corrected chi connectivity index (χ1v) is 19.4. The lowest BCUT2D eigenvalue weighted by atomic mass is 9.67. The Morgan fingerprint density at radius 1 is 0.304 bits per heavy atom. The minimum absolute atomic E-state index is 0.546. The van der Waals surface area contributed by atoms with Crippen LogP contribution in [0.1, 0.15) is 22.3 Å². The van der Waals surface area contributed by atoms with E-state index in [2.05, 4.69) is 206 Å². The van der Waals surface area contributed by atoms with Gasteiger partial charge in [-0.2, -0.15) is 0 Å². The zero-order valence-electron chi connectivity index (χ0n) is 30.5. The smallest absolute Gasteiger partial charge is 0.135 e. The molecule has 1 aliphatic heterocycles. The summed E-state index contributed by atoms with van der Waals surface area (Å²) in [5.74, 6) is 1.81. The fourth-order valence-electron chi connectivity index (χ4n) is 9.79. The fraction of sp³-hybridized carbons (Fsp3) is 0.0182. The summed E-state index contributed by atoms with van der Waals surface area (Å²) >= 11 is 0. The standard InChI is InChI=1S/C55H34O/c1-3-17-42(18-4-1)55(43-19-5-2-6-20-43)50-33-39(38-27-29-52-49(31-38)46-22-9-14-36-15-11-23-53(56-52)54(36)46)26-28-45(50)48-32-40-16-10-21-44(47(40)34-51(48)55)41-25-24-35-12-7-8-13-37(35)30-41/h1-34H. The average molecular weight is 711 g/mol. The van der Waals surface area contributed by atoms with Gasteiger partial charge in [0.25, 0.3) is 0 Å². The van der Waals surface area contributed by atoms with Crippen molar-refractivity contribution >= 4 is 32.3 Å². The summed E-state index contributed by atoms with van der Waals surface area (Å²) in [4.78, 5) is 0. The second-order valence-electron chi connectivity index (χ2n) is 15.2. The topological polar surface area (TPSA) is 9.23 Å². The molecule has 10 aromatic carbocycles. The lowest BCUT2D eigenvalue weighted by Crippen LogP contribution is -2.28. The third-order valence-corrected chi connectivity index (χ3v) is 12.3. The van der Waals surface area contributed by atoms with Crippen LogP contribution in [-0.4, -0.2) is 0 Å². The van der Waals surface area contributed by atoms with Crippen LogP contribution in [0, 0.1) is 0 Å². The Balaban J connectivity index is 1.11. The van der Waals surface area contributed by atoms with E-state index in [1.807, 2.05) is 0 Å². The summed E-state index contributed by atoms with van der Waals surface area (Å²) in [5.41, 5.74) is 14.3. The first-order chi connectivity index (χ1) is 27.7. The zero-order chi connectivity index (χ0) is 36.8. The van der Waals surface area contributed by atoms with Crippen LogP contribution in [0.5, 0.6) is 11.5 Å². The molecule has 56 heavy (non-hydrogen) atoms. The van der Waals surface area contributed by atoms with Gasteiger partial charge < -0.3 is 4.74 Å². The number of ether oxygens (including phenoxy) is 1. The first-order valence-electron chi connectivity index (χ1n) is 19.4. The SMILES string of the molecule is c1ccc(C2(c3ccccc3)c3cc(-c4ccc5c(c4)-c4cccc6cccc(c46)O5)ccc3-c3cc4cccc(-c5ccc6ccccc6c5)c4cc32)cc1. The Morgan fingerprint density at radius 2 is 0.929 bits per heavy atom. The Kier molecular flexibility index (Phi) is 6.62. The van der Waals surface area contributed by atoms with E-state index in [9.17, 15) is 0 Å². The molecule has 0 radical (unpaired) electrons. The van der Waals surface area contributed by atoms with Crippen LogP contribution in [0.4, 0.5) is 0 Å². The minimum Gasteiger partial charge on any atom is -0.456 e. The molecule has 0 amide bonds. The minimum atomic E-state index is -0.546. The van der Waals surface area contributed by atoms with E-state index in [0.717, 1.165) is 17.1 Å². The molecule has 2 aliphatic rings. The van der Waals surface area contributed by atoms with Crippen LogP contribution in [0.2, 0.25) is 0 Å². The molecule has 0 saturated carbocycles. The van der Waals surface area contributed by atoms with Crippen LogP contribution < -0.4 is 4.74 Å². The second kappa shape index (κ2) is 11.9. The molecule has 10 aromatic rings. The van der Waals surface area contributed by atoms with Crippen LogP contribution >= 0.6 is 0 Å². The molecular formula is C55H34O. The van der Waals surface area contributed by atoms with Gasteiger partial charge in [0, 0.05) is 10.9 Å². The predicted octanol–water partition coefficient (Wildman–Crippen LogP) is 14.6. The highest BCUT2D eigenvalue weighted by atomic mass is 16.5. The van der Waals surface area contributed by atoms with E-state index < -0.39 is 5.41 Å². The van der Waals surface area contributed by atoms with Gasteiger partial charge in [-0.15, -0.1) is 0 Å². The maximum Gasteiger partial charge on any atom is 0.135 e. The van der Waals surface area contributed by atoms with E-state index in [4.69, 9.17) is 4.74 Å². The summed E-state index contributed by atoms with van der Waals surface area (Å²) in [6, 6.07) is 76.1. The van der Waals surface area contributed by atoms with E-state index in [1.54, 1.807) is 0 Å². The van der Waals surface area contributed by atoms with Gasteiger partial charge in [-0.3, -0.25) is 0 Å². The monoisotopic (exact) mass is 710 g/mol. The summed E-state index contributed by atoms with van der Waals surface area (Å²) in [6.45, 7) is 0. The molecule has 0 bridgehead atoms. The van der Waals surface area contributed by atoms with Gasteiger partial charge in [0.15, 0.2) is 0 Å². The van der Waals surface area contributed by atoms with Gasteiger partial charge in [-0.05, 0) is 131 Å². The fourth-order valence-corrected chi connectivity index (χ4v) is 9.79. The highest BCUT2D eigenvalue weighted by molar-refractivity contribution is 6.06. The van der Waals surface area contributed by atoms with Crippen molar-refractivity contribution in [1.82, 2.24) is 0 Å². The lowest BCUT2D eigenvalue weighted by molar-refractivity contribution is 0.487. The highest BCUT2D eigenvalue weighted by Gasteiger charge is 2.46. The number of fused-ring (bicyclic) bond motifs is 7.